The van der Waals surface area contributed by atoms with E-state index in [2.05, 4.69) is 5.32 Å². The van der Waals surface area contributed by atoms with Gasteiger partial charge in [0, 0.05) is 5.56 Å². The zero-order valence-electron chi connectivity index (χ0n) is 12.0. The highest BCUT2D eigenvalue weighted by Crippen LogP contribution is 2.15. The van der Waals surface area contributed by atoms with Crippen LogP contribution in [0.1, 0.15) is 15.9 Å². The normalized spacial score (nSPS) is 10.2. The predicted octanol–water partition coefficient (Wildman–Crippen LogP) is 1.76. The molecule has 0 aromatic heterocycles. The Bertz CT molecular complexity index is 718. The third-order valence-corrected chi connectivity index (χ3v) is 2.93. The molecule has 0 saturated heterocycles. The molecule has 0 unspecified atom stereocenters. The van der Waals surface area contributed by atoms with E-state index in [1.165, 1.54) is 18.2 Å². The predicted molar refractivity (Wildman–Crippen MR) is 78.7 cm³/mol. The monoisotopic (exact) mass is 320 g/mol. The number of halogens is 2. The summed E-state index contributed by atoms with van der Waals surface area (Å²) in [4.78, 5) is 22.3. The number of hydrogen-bond donors (Lipinski definition) is 2. The molecule has 2 rings (SSSR count). The molecule has 2 amide bonds. The highest BCUT2D eigenvalue weighted by atomic mass is 19.2. The number of nitrogens with one attached hydrogen (secondary N) is 1. The first-order valence-electron chi connectivity index (χ1n) is 6.69. The molecule has 120 valence electrons. The minimum absolute atomic E-state index is 0.0599. The van der Waals surface area contributed by atoms with Gasteiger partial charge in [-0.3, -0.25) is 9.59 Å². The minimum atomic E-state index is -0.937. The van der Waals surface area contributed by atoms with Crippen molar-refractivity contribution in [2.24, 2.45) is 5.73 Å². The Morgan fingerprint density at radius 2 is 1.74 bits per heavy atom. The van der Waals surface area contributed by atoms with Gasteiger partial charge >= 0.3 is 0 Å². The molecule has 0 heterocycles. The van der Waals surface area contributed by atoms with Crippen LogP contribution in [-0.2, 0) is 11.4 Å². The summed E-state index contributed by atoms with van der Waals surface area (Å²) in [6, 6.07) is 9.64. The fraction of sp³-hybridized carbons (Fsp3) is 0.125. The van der Waals surface area contributed by atoms with E-state index < -0.39 is 23.4 Å². The molecule has 0 aliphatic heterocycles. The lowest BCUT2D eigenvalue weighted by Gasteiger charge is -2.08. The van der Waals surface area contributed by atoms with Gasteiger partial charge in [0.15, 0.2) is 11.6 Å². The Balaban J connectivity index is 1.93. The third-order valence-electron chi connectivity index (χ3n) is 2.93. The van der Waals surface area contributed by atoms with Crippen molar-refractivity contribution in [2.75, 3.05) is 6.54 Å². The first-order valence-corrected chi connectivity index (χ1v) is 6.69. The average molecular weight is 320 g/mol. The fourth-order valence-corrected chi connectivity index (χ4v) is 1.77. The van der Waals surface area contributed by atoms with Crippen molar-refractivity contribution in [3.05, 3.63) is 65.2 Å². The van der Waals surface area contributed by atoms with Crippen LogP contribution in [0.25, 0.3) is 0 Å². The van der Waals surface area contributed by atoms with Crippen molar-refractivity contribution >= 4 is 11.8 Å². The van der Waals surface area contributed by atoms with E-state index in [1.54, 1.807) is 12.1 Å². The van der Waals surface area contributed by atoms with E-state index in [0.29, 0.717) is 16.9 Å². The van der Waals surface area contributed by atoms with Gasteiger partial charge in [-0.2, -0.15) is 0 Å². The quantitative estimate of drug-likeness (QED) is 0.851. The zero-order chi connectivity index (χ0) is 16.8. The summed E-state index contributed by atoms with van der Waals surface area (Å²) in [7, 11) is 0. The van der Waals surface area contributed by atoms with Gasteiger partial charge in [-0.15, -0.1) is 0 Å². The molecule has 0 fully saturated rings. The van der Waals surface area contributed by atoms with Crippen LogP contribution in [0.3, 0.4) is 0 Å². The average Bonchev–Trinajstić information content (AvgIpc) is 2.54. The van der Waals surface area contributed by atoms with E-state index in [-0.39, 0.29) is 13.2 Å². The molecular formula is C16H14F2N2O3. The zero-order valence-corrected chi connectivity index (χ0v) is 12.0. The van der Waals surface area contributed by atoms with Crippen LogP contribution < -0.4 is 15.8 Å². The lowest BCUT2D eigenvalue weighted by Crippen LogP contribution is -2.33. The van der Waals surface area contributed by atoms with Crippen molar-refractivity contribution in [1.82, 2.24) is 5.32 Å². The Morgan fingerprint density at radius 3 is 2.35 bits per heavy atom. The van der Waals surface area contributed by atoms with Crippen LogP contribution >= 0.6 is 0 Å². The lowest BCUT2D eigenvalue weighted by molar-refractivity contribution is -0.117. The van der Waals surface area contributed by atoms with Crippen molar-refractivity contribution in [3.63, 3.8) is 0 Å². The number of hydrogen-bond acceptors (Lipinski definition) is 3. The fourth-order valence-electron chi connectivity index (χ4n) is 1.77. The van der Waals surface area contributed by atoms with E-state index in [4.69, 9.17) is 10.5 Å². The molecule has 2 aromatic carbocycles. The topological polar surface area (TPSA) is 81.4 Å². The standard InChI is InChI=1S/C16H14F2N2O3/c17-13-6-1-10(7-14(13)18)9-23-12-4-2-11(3-5-12)16(22)20-8-15(19)21/h1-7H,8-9H2,(H2,19,21)(H,20,22). The maximum absolute atomic E-state index is 13.1. The summed E-state index contributed by atoms with van der Waals surface area (Å²) in [6.07, 6.45) is 0. The molecule has 3 N–H and O–H groups in total. The smallest absolute Gasteiger partial charge is 0.251 e. The molecule has 0 spiro atoms. The molecule has 0 saturated carbocycles. The molecule has 0 aliphatic carbocycles. The minimum Gasteiger partial charge on any atom is -0.489 e. The van der Waals surface area contributed by atoms with Crippen LogP contribution in [0.4, 0.5) is 8.78 Å². The molecule has 0 bridgehead atoms. The Hall–Kier alpha value is -2.96. The highest BCUT2D eigenvalue weighted by Gasteiger charge is 2.07. The van der Waals surface area contributed by atoms with Crippen molar-refractivity contribution in [3.8, 4) is 5.75 Å². The molecule has 2 aromatic rings. The van der Waals surface area contributed by atoms with E-state index >= 15 is 0 Å². The summed E-state index contributed by atoms with van der Waals surface area (Å²) < 4.78 is 31.3. The second kappa shape index (κ2) is 7.35. The van der Waals surface area contributed by atoms with Gasteiger partial charge < -0.3 is 15.8 Å². The van der Waals surface area contributed by atoms with Crippen molar-refractivity contribution in [2.45, 2.75) is 6.61 Å². The Morgan fingerprint density at radius 1 is 1.04 bits per heavy atom. The number of ether oxygens (including phenoxy) is 1. The molecule has 7 heteroatoms. The number of nitrogens with two attached hydrogens (primary N) is 1. The second-order valence-electron chi connectivity index (χ2n) is 4.71. The van der Waals surface area contributed by atoms with E-state index in [9.17, 15) is 18.4 Å². The summed E-state index contributed by atoms with van der Waals surface area (Å²) in [5, 5.41) is 2.36. The maximum atomic E-state index is 13.1. The third kappa shape index (κ3) is 4.77. The number of amides is 2. The van der Waals surface area contributed by atoms with Crippen molar-refractivity contribution in [1.29, 1.82) is 0 Å². The van der Waals surface area contributed by atoms with Gasteiger partial charge in [0.25, 0.3) is 5.91 Å². The van der Waals surface area contributed by atoms with Gasteiger partial charge in [0.05, 0.1) is 6.54 Å². The van der Waals surface area contributed by atoms with Crippen LogP contribution in [0.2, 0.25) is 0 Å². The summed E-state index contributed by atoms with van der Waals surface area (Å²) in [5.41, 5.74) is 5.75. The summed E-state index contributed by atoms with van der Waals surface area (Å²) in [5.74, 6) is -2.46. The van der Waals surface area contributed by atoms with Crippen molar-refractivity contribution < 1.29 is 23.1 Å². The second-order valence-corrected chi connectivity index (χ2v) is 4.71. The first kappa shape index (κ1) is 16.4. The van der Waals surface area contributed by atoms with Gasteiger partial charge in [-0.05, 0) is 42.0 Å². The van der Waals surface area contributed by atoms with E-state index in [0.717, 1.165) is 12.1 Å². The van der Waals surface area contributed by atoms with Gasteiger partial charge in [0.2, 0.25) is 5.91 Å². The van der Waals surface area contributed by atoms with Gasteiger partial charge in [-0.25, -0.2) is 8.78 Å². The Kier molecular flexibility index (Phi) is 5.24. The number of carbonyl (C=O) groups is 2. The van der Waals surface area contributed by atoms with Gasteiger partial charge in [0.1, 0.15) is 12.4 Å². The van der Waals surface area contributed by atoms with Crippen LogP contribution in [-0.4, -0.2) is 18.4 Å². The first-order chi connectivity index (χ1) is 11.0. The molecule has 0 aliphatic rings. The van der Waals surface area contributed by atoms with Crippen LogP contribution in [0, 0.1) is 11.6 Å². The van der Waals surface area contributed by atoms with Gasteiger partial charge in [-0.1, -0.05) is 6.07 Å². The number of rotatable bonds is 6. The molecule has 5 nitrogen and oxygen atoms in total. The highest BCUT2D eigenvalue weighted by molar-refractivity contribution is 5.96. The number of primary amides is 1. The molecule has 0 atom stereocenters. The summed E-state index contributed by atoms with van der Waals surface area (Å²) >= 11 is 0. The molecule has 23 heavy (non-hydrogen) atoms. The van der Waals surface area contributed by atoms with Crippen LogP contribution in [0.5, 0.6) is 5.75 Å². The molecule has 0 radical (unpaired) electrons. The molecular weight excluding hydrogens is 306 g/mol. The maximum Gasteiger partial charge on any atom is 0.251 e. The summed E-state index contributed by atoms with van der Waals surface area (Å²) in [6.45, 7) is -0.183. The van der Waals surface area contributed by atoms with Crippen LogP contribution in [0.15, 0.2) is 42.5 Å². The van der Waals surface area contributed by atoms with E-state index in [1.807, 2.05) is 0 Å². The lowest BCUT2D eigenvalue weighted by atomic mass is 10.2. The SMILES string of the molecule is NC(=O)CNC(=O)c1ccc(OCc2ccc(F)c(F)c2)cc1. The Labute approximate surface area is 131 Å². The number of benzene rings is 2. The largest absolute Gasteiger partial charge is 0.489 e. The number of carbonyl (C=O) groups excluding carboxylic acids is 2.